The van der Waals surface area contributed by atoms with E-state index in [9.17, 15) is 13.4 Å². The lowest BCUT2D eigenvalue weighted by Gasteiger charge is -2.26. The molecule has 0 saturated heterocycles. The molecule has 2 heterocycles. The molecule has 138 valence electrons. The maximum absolute atomic E-state index is 14.7. The molecule has 2 aromatic rings. The summed E-state index contributed by atoms with van der Waals surface area (Å²) < 4.78 is 29.4. The molecule has 0 aliphatic carbocycles. The van der Waals surface area contributed by atoms with Gasteiger partial charge in [0.15, 0.2) is 0 Å². The predicted octanol–water partition coefficient (Wildman–Crippen LogP) is 3.13. The van der Waals surface area contributed by atoms with E-state index in [1.807, 2.05) is 19.9 Å². The quantitative estimate of drug-likeness (QED) is 0.873. The summed E-state index contributed by atoms with van der Waals surface area (Å²) in [5.74, 6) is 0.127. The number of benzene rings is 1. The normalized spacial score (nSPS) is 16.3. The lowest BCUT2D eigenvalue weighted by Crippen LogP contribution is -2.31. The minimum atomic E-state index is -1.11. The lowest BCUT2D eigenvalue weighted by atomic mass is 9.95. The summed E-state index contributed by atoms with van der Waals surface area (Å²) in [7, 11) is 0.558. The summed E-state index contributed by atoms with van der Waals surface area (Å²) in [5, 5.41) is 0. The van der Waals surface area contributed by atoms with E-state index in [2.05, 4.69) is 9.71 Å². The number of fused-ring (bicyclic) bond motifs is 1. The Morgan fingerprint density at radius 3 is 2.81 bits per heavy atom. The van der Waals surface area contributed by atoms with Gasteiger partial charge in [-0.15, -0.1) is 0 Å². The monoisotopic (exact) mass is 375 g/mol. The van der Waals surface area contributed by atoms with Gasteiger partial charge in [-0.25, -0.2) is 13.3 Å². The number of nitrogens with one attached hydrogen (secondary N) is 1. The maximum Gasteiger partial charge on any atom is 0.227 e. The molecule has 1 aromatic carbocycles. The van der Waals surface area contributed by atoms with E-state index in [0.29, 0.717) is 35.4 Å². The van der Waals surface area contributed by atoms with Gasteiger partial charge in [-0.05, 0) is 42.7 Å². The van der Waals surface area contributed by atoms with Crippen molar-refractivity contribution in [2.24, 2.45) is 0 Å². The number of hydrogen-bond donors (Lipinski definition) is 1. The van der Waals surface area contributed by atoms with Gasteiger partial charge in [-0.1, -0.05) is 6.92 Å². The maximum atomic E-state index is 14.7. The first-order chi connectivity index (χ1) is 12.4. The predicted molar refractivity (Wildman–Crippen MR) is 102 cm³/mol. The molecule has 7 heteroatoms. The second-order valence-corrected chi connectivity index (χ2v) is 7.90. The van der Waals surface area contributed by atoms with Crippen LogP contribution in [-0.2, 0) is 22.2 Å². The number of halogens is 1. The molecule has 0 saturated carbocycles. The molecule has 3 rings (SSSR count). The Kier molecular flexibility index (Phi) is 5.48. The van der Waals surface area contributed by atoms with Crippen molar-refractivity contribution >= 4 is 22.6 Å². The second-order valence-electron chi connectivity index (χ2n) is 6.39. The van der Waals surface area contributed by atoms with Crippen LogP contribution in [0.25, 0.3) is 11.1 Å². The first-order valence-electron chi connectivity index (χ1n) is 8.59. The van der Waals surface area contributed by atoms with Crippen molar-refractivity contribution in [3.8, 4) is 11.1 Å². The molecule has 1 aliphatic rings. The Balaban J connectivity index is 1.96. The third kappa shape index (κ3) is 3.68. The van der Waals surface area contributed by atoms with E-state index in [4.69, 9.17) is 0 Å². The average Bonchev–Trinajstić information content (AvgIpc) is 2.64. The Bertz CT molecular complexity index is 872. The van der Waals surface area contributed by atoms with Crippen LogP contribution in [0.1, 0.15) is 37.4 Å². The fourth-order valence-electron chi connectivity index (χ4n) is 3.08. The van der Waals surface area contributed by atoms with Crippen LogP contribution in [0.2, 0.25) is 0 Å². The zero-order valence-electron chi connectivity index (χ0n) is 15.1. The van der Waals surface area contributed by atoms with Crippen molar-refractivity contribution < 1.29 is 13.4 Å². The SMILES string of the molecule is CCS(=O)NC(C)c1cncc(-c2cc3c(cc2F)N(C)C(=O)CC3)c1. The average molecular weight is 375 g/mol. The van der Waals surface area contributed by atoms with Crippen molar-refractivity contribution in [3.63, 3.8) is 0 Å². The van der Waals surface area contributed by atoms with Gasteiger partial charge in [-0.3, -0.25) is 9.78 Å². The zero-order chi connectivity index (χ0) is 18.8. The van der Waals surface area contributed by atoms with Crippen LogP contribution in [-0.4, -0.2) is 27.9 Å². The van der Waals surface area contributed by atoms with Crippen LogP contribution in [0.5, 0.6) is 0 Å². The van der Waals surface area contributed by atoms with Crippen LogP contribution in [0.3, 0.4) is 0 Å². The summed E-state index contributed by atoms with van der Waals surface area (Å²) in [6, 6.07) is 4.92. The topological polar surface area (TPSA) is 62.3 Å². The van der Waals surface area contributed by atoms with E-state index in [0.717, 1.165) is 11.1 Å². The summed E-state index contributed by atoms with van der Waals surface area (Å²) in [6.07, 6.45) is 4.34. The van der Waals surface area contributed by atoms with Crippen molar-refractivity contribution in [3.05, 3.63) is 47.5 Å². The first kappa shape index (κ1) is 18.7. The number of aromatic nitrogens is 1. The largest absolute Gasteiger partial charge is 0.315 e. The molecular formula is C19H22FN3O2S. The van der Waals surface area contributed by atoms with E-state index in [1.54, 1.807) is 25.5 Å². The molecule has 2 unspecified atom stereocenters. The molecular weight excluding hydrogens is 353 g/mol. The number of rotatable bonds is 5. The smallest absolute Gasteiger partial charge is 0.227 e. The fraction of sp³-hybridized carbons (Fsp3) is 0.368. The van der Waals surface area contributed by atoms with E-state index in [-0.39, 0.29) is 17.8 Å². The Labute approximate surface area is 155 Å². The number of amides is 1. The summed E-state index contributed by atoms with van der Waals surface area (Å²) in [5.41, 5.74) is 3.55. The van der Waals surface area contributed by atoms with E-state index >= 15 is 0 Å². The minimum Gasteiger partial charge on any atom is -0.315 e. The number of pyridine rings is 1. The Morgan fingerprint density at radius 2 is 2.08 bits per heavy atom. The fourth-order valence-corrected chi connectivity index (χ4v) is 3.77. The molecule has 2 atom stereocenters. The van der Waals surface area contributed by atoms with Crippen molar-refractivity contribution in [2.75, 3.05) is 17.7 Å². The Hall–Kier alpha value is -2.12. The molecule has 1 N–H and O–H groups in total. The highest BCUT2D eigenvalue weighted by atomic mass is 32.2. The minimum absolute atomic E-state index is 0.00265. The van der Waals surface area contributed by atoms with Gasteiger partial charge in [0.05, 0.1) is 11.0 Å². The summed E-state index contributed by atoms with van der Waals surface area (Å²) >= 11 is 0. The van der Waals surface area contributed by atoms with Gasteiger partial charge in [0, 0.05) is 54.5 Å². The number of anilines is 1. The van der Waals surface area contributed by atoms with E-state index in [1.165, 1.54) is 11.0 Å². The van der Waals surface area contributed by atoms with Crippen LogP contribution < -0.4 is 9.62 Å². The number of hydrogen-bond acceptors (Lipinski definition) is 3. The summed E-state index contributed by atoms with van der Waals surface area (Å²) in [4.78, 5) is 17.5. The van der Waals surface area contributed by atoms with Gasteiger partial charge in [0.1, 0.15) is 5.82 Å². The van der Waals surface area contributed by atoms with Gasteiger partial charge in [-0.2, -0.15) is 0 Å². The lowest BCUT2D eigenvalue weighted by molar-refractivity contribution is -0.118. The molecule has 26 heavy (non-hydrogen) atoms. The molecule has 0 fully saturated rings. The van der Waals surface area contributed by atoms with Gasteiger partial charge in [0.2, 0.25) is 5.91 Å². The standard InChI is InChI=1S/C19H22FN3O2S/c1-4-26(25)22-12(2)14-7-15(11-21-10-14)16-8-13-5-6-19(24)23(3)18(13)9-17(16)20/h7-12,22H,4-6H2,1-3H3. The third-order valence-corrected chi connectivity index (χ3v) is 5.79. The van der Waals surface area contributed by atoms with Crippen LogP contribution in [0, 0.1) is 5.82 Å². The molecule has 1 aromatic heterocycles. The molecule has 5 nitrogen and oxygen atoms in total. The van der Waals surface area contributed by atoms with Crippen LogP contribution in [0.4, 0.5) is 10.1 Å². The number of carbonyl (C=O) groups excluding carboxylic acids is 1. The van der Waals surface area contributed by atoms with Crippen LogP contribution >= 0.6 is 0 Å². The van der Waals surface area contributed by atoms with Crippen molar-refractivity contribution in [1.29, 1.82) is 0 Å². The highest BCUT2D eigenvalue weighted by molar-refractivity contribution is 7.82. The molecule has 1 amide bonds. The Morgan fingerprint density at radius 1 is 1.31 bits per heavy atom. The van der Waals surface area contributed by atoms with Gasteiger partial charge >= 0.3 is 0 Å². The molecule has 0 radical (unpaired) electrons. The summed E-state index contributed by atoms with van der Waals surface area (Å²) in [6.45, 7) is 3.74. The third-order valence-electron chi connectivity index (χ3n) is 4.65. The van der Waals surface area contributed by atoms with E-state index < -0.39 is 11.0 Å². The number of aryl methyl sites for hydroxylation is 1. The number of carbonyl (C=O) groups is 1. The number of nitrogens with zero attached hydrogens (tertiary/aromatic N) is 2. The molecule has 1 aliphatic heterocycles. The second kappa shape index (κ2) is 7.63. The molecule has 0 bridgehead atoms. The van der Waals surface area contributed by atoms with Crippen LogP contribution in [0.15, 0.2) is 30.6 Å². The zero-order valence-corrected chi connectivity index (χ0v) is 15.9. The first-order valence-corrected chi connectivity index (χ1v) is 9.91. The van der Waals surface area contributed by atoms with Gasteiger partial charge in [0.25, 0.3) is 0 Å². The van der Waals surface area contributed by atoms with Gasteiger partial charge < -0.3 is 4.90 Å². The highest BCUT2D eigenvalue weighted by Gasteiger charge is 2.23. The molecule has 0 spiro atoms. The van der Waals surface area contributed by atoms with Crippen molar-refractivity contribution in [1.82, 2.24) is 9.71 Å². The van der Waals surface area contributed by atoms with Crippen molar-refractivity contribution in [2.45, 2.75) is 32.7 Å². The highest BCUT2D eigenvalue weighted by Crippen LogP contribution is 2.34.